The van der Waals surface area contributed by atoms with E-state index in [9.17, 15) is 4.79 Å². The van der Waals surface area contributed by atoms with Crippen LogP contribution in [0.1, 0.15) is 52.9 Å². The van der Waals surface area contributed by atoms with E-state index < -0.39 is 0 Å². The monoisotopic (exact) mass is 549 g/mol. The maximum atomic E-state index is 13.3. The van der Waals surface area contributed by atoms with Crippen LogP contribution in [0.4, 0.5) is 5.82 Å². The molecule has 1 spiro atoms. The number of fused-ring (bicyclic) bond motifs is 2. The quantitative estimate of drug-likeness (QED) is 0.257. The zero-order valence-electron chi connectivity index (χ0n) is 22.8. The zero-order valence-corrected chi connectivity index (χ0v) is 23.6. The van der Waals surface area contributed by atoms with Gasteiger partial charge in [-0.1, -0.05) is 54.9 Å². The Balaban J connectivity index is 1.02. The van der Waals surface area contributed by atoms with Crippen LogP contribution in [0.15, 0.2) is 72.9 Å². The molecule has 40 heavy (non-hydrogen) atoms. The zero-order chi connectivity index (χ0) is 27.4. The molecule has 7 rings (SSSR count). The summed E-state index contributed by atoms with van der Waals surface area (Å²) in [5.41, 5.74) is 6.31. The second-order valence-corrected chi connectivity index (χ2v) is 11.9. The number of amides is 1. The second-order valence-electron chi connectivity index (χ2n) is 11.5. The molecule has 4 heterocycles. The van der Waals surface area contributed by atoms with Gasteiger partial charge >= 0.3 is 0 Å². The molecular formula is C33H32ClN5O. The molecule has 5 aromatic rings. The molecule has 1 aliphatic carbocycles. The smallest absolute Gasteiger partial charge is 0.254 e. The molecule has 1 saturated carbocycles. The molecule has 2 aromatic carbocycles. The van der Waals surface area contributed by atoms with Crippen LogP contribution in [0.5, 0.6) is 0 Å². The molecule has 1 aliphatic heterocycles. The van der Waals surface area contributed by atoms with Crippen LogP contribution in [0.2, 0.25) is 5.02 Å². The highest BCUT2D eigenvalue weighted by Crippen LogP contribution is 2.56. The maximum Gasteiger partial charge on any atom is 0.254 e. The number of halogens is 1. The Morgan fingerprint density at radius 1 is 1.07 bits per heavy atom. The fourth-order valence-corrected chi connectivity index (χ4v) is 7.01. The molecule has 0 atom stereocenters. The fraction of sp³-hybridized carbons (Fsp3) is 0.303. The number of hydrogen-bond acceptors (Lipinski definition) is 4. The summed E-state index contributed by atoms with van der Waals surface area (Å²) in [7, 11) is 1.94. The first-order chi connectivity index (χ1) is 19.4. The fourth-order valence-electron chi connectivity index (χ4n) is 6.85. The minimum atomic E-state index is -0.114. The highest BCUT2D eigenvalue weighted by molar-refractivity contribution is 6.31. The molecule has 6 nitrogen and oxygen atoms in total. The third kappa shape index (κ3) is 4.22. The second kappa shape index (κ2) is 9.63. The Morgan fingerprint density at radius 3 is 2.65 bits per heavy atom. The van der Waals surface area contributed by atoms with E-state index in [1.54, 1.807) is 6.20 Å². The third-order valence-corrected chi connectivity index (χ3v) is 9.08. The number of aryl methyl sites for hydroxylation is 1. The van der Waals surface area contributed by atoms with Gasteiger partial charge < -0.3 is 14.8 Å². The molecule has 7 heteroatoms. The SMILES string of the molecule is CCc1c(C(=O)NCc2ccc3nc(N4CC5(CC(c6ccccc6)C5)C4)ccc3c2)c2cc(Cl)cnc2n1C. The topological polar surface area (TPSA) is 63.1 Å². The standard InChI is InChI=1S/C33H32ClN5O/c1-3-28-30(26-14-25(34)18-35-31(26)38(28)2)32(40)36-17-21-9-11-27-23(13-21)10-12-29(37-27)39-19-33(20-39)15-24(16-33)22-7-5-4-6-8-22/h4-14,18,24H,3,15-17,19-20H2,1-2H3,(H,36,40). The van der Waals surface area contributed by atoms with Crippen molar-refractivity contribution < 1.29 is 4.79 Å². The van der Waals surface area contributed by atoms with Crippen molar-refractivity contribution in [2.45, 2.75) is 38.6 Å². The van der Waals surface area contributed by atoms with E-state index in [0.29, 0.717) is 28.5 Å². The van der Waals surface area contributed by atoms with Gasteiger partial charge in [0.15, 0.2) is 0 Å². The largest absolute Gasteiger partial charge is 0.355 e. The Kier molecular flexibility index (Phi) is 6.04. The summed E-state index contributed by atoms with van der Waals surface area (Å²) in [6.07, 6.45) is 4.90. The van der Waals surface area contributed by atoms with Crippen LogP contribution in [-0.4, -0.2) is 33.5 Å². The van der Waals surface area contributed by atoms with E-state index in [1.165, 1.54) is 18.4 Å². The van der Waals surface area contributed by atoms with Gasteiger partial charge in [0.25, 0.3) is 5.91 Å². The van der Waals surface area contributed by atoms with E-state index in [1.807, 2.05) is 24.6 Å². The average molecular weight is 550 g/mol. The lowest BCUT2D eigenvalue weighted by atomic mass is 9.56. The van der Waals surface area contributed by atoms with Crippen molar-refractivity contribution in [2.75, 3.05) is 18.0 Å². The first-order valence-electron chi connectivity index (χ1n) is 14.0. The van der Waals surface area contributed by atoms with Crippen LogP contribution in [-0.2, 0) is 20.0 Å². The van der Waals surface area contributed by atoms with Gasteiger partial charge in [-0.15, -0.1) is 0 Å². The first-order valence-corrected chi connectivity index (χ1v) is 14.4. The number of aromatic nitrogens is 3. The molecular weight excluding hydrogens is 518 g/mol. The van der Waals surface area contributed by atoms with Gasteiger partial charge in [-0.05, 0) is 66.6 Å². The molecule has 1 amide bonds. The number of hydrogen-bond donors (Lipinski definition) is 1. The predicted octanol–water partition coefficient (Wildman–Crippen LogP) is 6.65. The number of nitrogens with one attached hydrogen (secondary N) is 1. The molecule has 0 bridgehead atoms. The maximum absolute atomic E-state index is 13.3. The van der Waals surface area contributed by atoms with Crippen LogP contribution in [0.3, 0.4) is 0 Å². The molecule has 0 radical (unpaired) electrons. The summed E-state index contributed by atoms with van der Waals surface area (Å²) in [5, 5.41) is 5.49. The summed E-state index contributed by atoms with van der Waals surface area (Å²) in [6, 6.07) is 23.2. The summed E-state index contributed by atoms with van der Waals surface area (Å²) in [6.45, 7) is 4.66. The van der Waals surface area contributed by atoms with Gasteiger partial charge in [0.1, 0.15) is 11.5 Å². The molecule has 3 aromatic heterocycles. The van der Waals surface area contributed by atoms with Gasteiger partial charge in [0.05, 0.1) is 16.1 Å². The first kappa shape index (κ1) is 25.1. The molecule has 2 aliphatic rings. The average Bonchev–Trinajstić information content (AvgIpc) is 3.21. The summed E-state index contributed by atoms with van der Waals surface area (Å²) in [5.74, 6) is 1.64. The van der Waals surface area contributed by atoms with Gasteiger partial charge in [0, 0.05) is 54.8 Å². The van der Waals surface area contributed by atoms with Crippen molar-refractivity contribution in [1.29, 1.82) is 0 Å². The Bertz CT molecular complexity index is 1750. The van der Waals surface area contributed by atoms with Crippen molar-refractivity contribution >= 4 is 45.3 Å². The lowest BCUT2D eigenvalue weighted by molar-refractivity contribution is 0.0628. The predicted molar refractivity (Wildman–Crippen MR) is 161 cm³/mol. The van der Waals surface area contributed by atoms with E-state index in [4.69, 9.17) is 16.6 Å². The van der Waals surface area contributed by atoms with Crippen LogP contribution in [0, 0.1) is 5.41 Å². The molecule has 202 valence electrons. The Hall–Kier alpha value is -3.90. The highest BCUT2D eigenvalue weighted by atomic mass is 35.5. The molecule has 1 saturated heterocycles. The van der Waals surface area contributed by atoms with Gasteiger partial charge in [-0.2, -0.15) is 0 Å². The molecule has 2 fully saturated rings. The number of benzene rings is 2. The lowest BCUT2D eigenvalue weighted by Crippen LogP contribution is -2.62. The van der Waals surface area contributed by atoms with Crippen molar-refractivity contribution in [3.8, 4) is 0 Å². The van der Waals surface area contributed by atoms with Crippen molar-refractivity contribution in [3.63, 3.8) is 0 Å². The summed E-state index contributed by atoms with van der Waals surface area (Å²) >= 11 is 6.21. The van der Waals surface area contributed by atoms with Gasteiger partial charge in [0.2, 0.25) is 0 Å². The van der Waals surface area contributed by atoms with Crippen molar-refractivity contribution in [3.05, 3.63) is 100 Å². The Labute approximate surface area is 239 Å². The molecule has 1 N–H and O–H groups in total. The minimum Gasteiger partial charge on any atom is -0.355 e. The number of carbonyl (C=O) groups excluding carboxylic acids is 1. The van der Waals surface area contributed by atoms with E-state index >= 15 is 0 Å². The minimum absolute atomic E-state index is 0.114. The summed E-state index contributed by atoms with van der Waals surface area (Å²) in [4.78, 5) is 25.1. The third-order valence-electron chi connectivity index (χ3n) is 8.87. The number of anilines is 1. The molecule has 0 unspecified atom stereocenters. The number of pyridine rings is 2. The van der Waals surface area contributed by atoms with E-state index in [2.05, 4.69) is 75.9 Å². The number of rotatable bonds is 6. The van der Waals surface area contributed by atoms with E-state index in [-0.39, 0.29) is 5.91 Å². The lowest BCUT2D eigenvalue weighted by Gasteiger charge is -2.59. The van der Waals surface area contributed by atoms with Crippen molar-refractivity contribution in [2.24, 2.45) is 12.5 Å². The normalized spacial score (nSPS) is 16.3. The number of nitrogens with zero attached hydrogens (tertiary/aromatic N) is 4. The van der Waals surface area contributed by atoms with Gasteiger partial charge in [-0.25, -0.2) is 9.97 Å². The number of carbonyl (C=O) groups is 1. The van der Waals surface area contributed by atoms with Crippen LogP contribution < -0.4 is 10.2 Å². The summed E-state index contributed by atoms with van der Waals surface area (Å²) < 4.78 is 1.98. The van der Waals surface area contributed by atoms with Crippen LogP contribution in [0.25, 0.3) is 21.9 Å². The van der Waals surface area contributed by atoms with E-state index in [0.717, 1.165) is 58.5 Å². The Morgan fingerprint density at radius 2 is 1.88 bits per heavy atom. The highest BCUT2D eigenvalue weighted by Gasteiger charge is 2.52. The van der Waals surface area contributed by atoms with Crippen molar-refractivity contribution in [1.82, 2.24) is 19.9 Å². The van der Waals surface area contributed by atoms with Crippen LogP contribution >= 0.6 is 11.6 Å². The van der Waals surface area contributed by atoms with Gasteiger partial charge in [-0.3, -0.25) is 4.79 Å².